The molecule has 1 aromatic carbocycles. The molecule has 2 heterocycles. The normalized spacial score (nSPS) is 10.9. The van der Waals surface area contributed by atoms with Crippen molar-refractivity contribution in [3.63, 3.8) is 0 Å². The van der Waals surface area contributed by atoms with Crippen molar-refractivity contribution in [1.82, 2.24) is 19.5 Å². The molecule has 18 heavy (non-hydrogen) atoms. The molecule has 0 radical (unpaired) electrons. The molecular weight excluding hydrogens is 248 g/mol. The molecule has 2 aromatic heterocycles. The summed E-state index contributed by atoms with van der Waals surface area (Å²) in [4.78, 5) is 20.8. The molecule has 0 unspecified atom stereocenters. The van der Waals surface area contributed by atoms with Gasteiger partial charge in [-0.3, -0.25) is 9.97 Å². The van der Waals surface area contributed by atoms with Gasteiger partial charge in [-0.05, 0) is 5.56 Å². The predicted octanol–water partition coefficient (Wildman–Crippen LogP) is 1.83. The highest BCUT2D eigenvalue weighted by molar-refractivity contribution is 7.71. The fourth-order valence-electron chi connectivity index (χ4n) is 1.88. The van der Waals surface area contributed by atoms with Gasteiger partial charge in [0, 0.05) is 0 Å². The smallest absolute Gasteiger partial charge is 0.312 e. The molecule has 0 saturated carbocycles. The quantitative estimate of drug-likeness (QED) is 0.689. The van der Waals surface area contributed by atoms with Crippen molar-refractivity contribution in [3.05, 3.63) is 57.3 Å². The van der Waals surface area contributed by atoms with E-state index in [0.717, 1.165) is 5.56 Å². The first-order valence-electron chi connectivity index (χ1n) is 5.45. The molecule has 0 bridgehead atoms. The maximum Gasteiger partial charge on any atom is 0.325 e. The molecule has 3 aromatic rings. The van der Waals surface area contributed by atoms with E-state index < -0.39 is 0 Å². The van der Waals surface area contributed by atoms with Crippen molar-refractivity contribution in [3.8, 4) is 0 Å². The van der Waals surface area contributed by atoms with Crippen molar-refractivity contribution in [2.75, 3.05) is 0 Å². The molecule has 0 aliphatic rings. The second-order valence-corrected chi connectivity index (χ2v) is 4.37. The van der Waals surface area contributed by atoms with Gasteiger partial charge in [-0.25, -0.2) is 9.78 Å². The number of benzene rings is 1. The van der Waals surface area contributed by atoms with E-state index in [0.29, 0.717) is 22.3 Å². The van der Waals surface area contributed by atoms with E-state index >= 15 is 0 Å². The van der Waals surface area contributed by atoms with Gasteiger partial charge in [0.15, 0.2) is 0 Å². The molecule has 0 amide bonds. The first-order valence-corrected chi connectivity index (χ1v) is 5.86. The van der Waals surface area contributed by atoms with Crippen molar-refractivity contribution in [2.24, 2.45) is 0 Å². The summed E-state index contributed by atoms with van der Waals surface area (Å²) in [5.74, 6) is 0. The first kappa shape index (κ1) is 10.9. The maximum atomic E-state index is 11.4. The number of nitrogens with one attached hydrogen (secondary N) is 2. The van der Waals surface area contributed by atoms with Crippen molar-refractivity contribution in [1.29, 1.82) is 0 Å². The topological polar surface area (TPSA) is 66.5 Å². The maximum absolute atomic E-state index is 11.4. The van der Waals surface area contributed by atoms with Crippen LogP contribution in [-0.2, 0) is 6.54 Å². The lowest BCUT2D eigenvalue weighted by Gasteiger charge is -2.03. The Bertz CT molecular complexity index is 800. The number of nitrogens with zero attached hydrogens (tertiary/aromatic N) is 2. The summed E-state index contributed by atoms with van der Waals surface area (Å²) >= 11 is 5.07. The van der Waals surface area contributed by atoms with Gasteiger partial charge in [-0.2, -0.15) is 0 Å². The minimum absolute atomic E-state index is 0.317. The average molecular weight is 258 g/mol. The molecule has 0 saturated heterocycles. The molecule has 5 nitrogen and oxygen atoms in total. The Hall–Kier alpha value is -2.21. The molecule has 6 heteroatoms. The molecule has 0 fully saturated rings. The lowest BCUT2D eigenvalue weighted by molar-refractivity contribution is 0.810. The number of H-pyrrole nitrogens is 2. The van der Waals surface area contributed by atoms with Crippen LogP contribution in [0.25, 0.3) is 11.2 Å². The molecular formula is C12H10N4OS. The van der Waals surface area contributed by atoms with Crippen LogP contribution in [-0.4, -0.2) is 19.5 Å². The highest BCUT2D eigenvalue weighted by Gasteiger charge is 2.06. The third-order valence-electron chi connectivity index (χ3n) is 2.71. The average Bonchev–Trinajstić information content (AvgIpc) is 2.74. The van der Waals surface area contributed by atoms with E-state index in [2.05, 4.69) is 15.0 Å². The van der Waals surface area contributed by atoms with Crippen LogP contribution in [0.4, 0.5) is 0 Å². The molecule has 0 atom stereocenters. The van der Waals surface area contributed by atoms with Gasteiger partial charge in [-0.15, -0.1) is 0 Å². The number of fused-ring (bicyclic) bond motifs is 1. The summed E-state index contributed by atoms with van der Waals surface area (Å²) in [6, 6.07) is 9.96. The second-order valence-electron chi connectivity index (χ2n) is 3.96. The van der Waals surface area contributed by atoms with Gasteiger partial charge >= 0.3 is 5.69 Å². The number of imidazole rings is 1. The standard InChI is InChI=1S/C12H10N4OS/c17-12-14-10-9(11(18)15-12)13-7-16(10)6-8-4-2-1-3-5-8/h1-5,7H,6H2,(H2,14,15,17,18). The fraction of sp³-hybridized carbons (Fsp3) is 0.0833. The van der Waals surface area contributed by atoms with E-state index in [9.17, 15) is 4.79 Å². The van der Waals surface area contributed by atoms with Crippen LogP contribution in [0.1, 0.15) is 5.56 Å². The zero-order valence-electron chi connectivity index (χ0n) is 9.38. The first-order chi connectivity index (χ1) is 8.74. The summed E-state index contributed by atoms with van der Waals surface area (Å²) in [5.41, 5.74) is 2.08. The summed E-state index contributed by atoms with van der Waals surface area (Å²) < 4.78 is 2.23. The van der Waals surface area contributed by atoms with E-state index in [1.54, 1.807) is 6.33 Å². The number of hydrogen-bond acceptors (Lipinski definition) is 3. The lowest BCUT2D eigenvalue weighted by Crippen LogP contribution is -2.12. The fourth-order valence-corrected chi connectivity index (χ4v) is 2.12. The van der Waals surface area contributed by atoms with Crippen molar-refractivity contribution in [2.45, 2.75) is 6.54 Å². The van der Waals surface area contributed by atoms with Crippen LogP contribution in [0, 0.1) is 4.64 Å². The summed E-state index contributed by atoms with van der Waals surface area (Å²) in [6.07, 6.45) is 1.68. The largest absolute Gasteiger partial charge is 0.325 e. The Morgan fingerprint density at radius 1 is 1.22 bits per heavy atom. The summed E-state index contributed by atoms with van der Waals surface area (Å²) in [7, 11) is 0. The Morgan fingerprint density at radius 2 is 2.00 bits per heavy atom. The zero-order chi connectivity index (χ0) is 12.5. The highest BCUT2D eigenvalue weighted by Crippen LogP contribution is 2.10. The van der Waals surface area contributed by atoms with Gasteiger partial charge in [0.2, 0.25) is 0 Å². The molecule has 0 aliphatic heterocycles. The molecule has 0 aliphatic carbocycles. The third-order valence-corrected chi connectivity index (χ3v) is 3.00. The van der Waals surface area contributed by atoms with E-state index in [-0.39, 0.29) is 5.69 Å². The second kappa shape index (κ2) is 4.23. The lowest BCUT2D eigenvalue weighted by atomic mass is 10.2. The van der Waals surface area contributed by atoms with E-state index in [1.165, 1.54) is 0 Å². The summed E-state index contributed by atoms with van der Waals surface area (Å²) in [5, 5.41) is 0. The SMILES string of the molecule is O=c1[nH]c(=S)c2ncn(Cc3ccccc3)c2[nH]1. The number of rotatable bonds is 2. The van der Waals surface area contributed by atoms with Crippen molar-refractivity contribution >= 4 is 23.4 Å². The van der Waals surface area contributed by atoms with Gasteiger partial charge in [0.25, 0.3) is 0 Å². The molecule has 0 spiro atoms. The summed E-state index contributed by atoms with van der Waals surface area (Å²) in [6.45, 7) is 0.645. The van der Waals surface area contributed by atoms with Gasteiger partial charge in [0.05, 0.1) is 12.9 Å². The van der Waals surface area contributed by atoms with E-state index in [1.807, 2.05) is 34.9 Å². The van der Waals surface area contributed by atoms with Crippen molar-refractivity contribution < 1.29 is 0 Å². The van der Waals surface area contributed by atoms with Crippen LogP contribution in [0.3, 0.4) is 0 Å². The predicted molar refractivity (Wildman–Crippen MR) is 71.1 cm³/mol. The monoisotopic (exact) mass is 258 g/mol. The van der Waals surface area contributed by atoms with Gasteiger partial charge < -0.3 is 4.57 Å². The van der Waals surface area contributed by atoms with Crippen LogP contribution in [0.2, 0.25) is 0 Å². The van der Waals surface area contributed by atoms with Gasteiger partial charge in [0.1, 0.15) is 15.8 Å². The molecule has 90 valence electrons. The van der Waals surface area contributed by atoms with Gasteiger partial charge in [-0.1, -0.05) is 42.5 Å². The number of aromatic nitrogens is 4. The Kier molecular flexibility index (Phi) is 2.56. The zero-order valence-corrected chi connectivity index (χ0v) is 10.2. The molecule has 2 N–H and O–H groups in total. The van der Waals surface area contributed by atoms with E-state index in [4.69, 9.17) is 12.2 Å². The van der Waals surface area contributed by atoms with Crippen LogP contribution < -0.4 is 5.69 Å². The Labute approximate surface area is 107 Å². The van der Waals surface area contributed by atoms with Crippen LogP contribution >= 0.6 is 12.2 Å². The Morgan fingerprint density at radius 3 is 2.78 bits per heavy atom. The minimum atomic E-state index is -0.317. The molecule has 3 rings (SSSR count). The third kappa shape index (κ3) is 1.86. The van der Waals surface area contributed by atoms with Crippen LogP contribution in [0.5, 0.6) is 0 Å². The van der Waals surface area contributed by atoms with Crippen LogP contribution in [0.15, 0.2) is 41.5 Å². The number of aromatic amines is 2. The highest BCUT2D eigenvalue weighted by atomic mass is 32.1. The number of hydrogen-bond donors (Lipinski definition) is 2. The minimum Gasteiger partial charge on any atom is -0.312 e. The Balaban J connectivity index is 2.14.